The first-order valence-corrected chi connectivity index (χ1v) is 12.7. The van der Waals surface area contributed by atoms with Gasteiger partial charge in [0.25, 0.3) is 0 Å². The van der Waals surface area contributed by atoms with Crippen molar-refractivity contribution in [3.63, 3.8) is 0 Å². The van der Waals surface area contributed by atoms with Gasteiger partial charge >= 0.3 is 0 Å². The van der Waals surface area contributed by atoms with Crippen molar-refractivity contribution in [3.8, 4) is 11.5 Å². The number of methoxy groups -OCH3 is 1. The molecule has 1 saturated carbocycles. The first-order valence-electron chi connectivity index (χ1n) is 12.3. The van der Waals surface area contributed by atoms with E-state index in [0.717, 1.165) is 42.1 Å². The van der Waals surface area contributed by atoms with E-state index in [1.54, 1.807) is 18.0 Å². The number of ether oxygens (including phenoxy) is 2. The standard InChI is InChI=1S/C25H38N4O2S/c1-3-4-5-6-7-8-12-17-31-22-16-15-20(18-23(22)30-2)19-26-29-24(27-28-25(29)32)21-13-10-9-11-14-21/h15-16,18-19,21H,3-14,17H2,1-2H3,(H,28,32)/b26-19-. The van der Waals surface area contributed by atoms with E-state index in [0.29, 0.717) is 17.3 Å². The molecule has 0 bridgehead atoms. The number of unbranched alkanes of at least 4 members (excludes halogenated alkanes) is 6. The molecule has 1 aromatic carbocycles. The van der Waals surface area contributed by atoms with E-state index in [-0.39, 0.29) is 0 Å². The van der Waals surface area contributed by atoms with Crippen LogP contribution in [0.5, 0.6) is 11.5 Å². The maximum absolute atomic E-state index is 5.97. The first-order chi connectivity index (χ1) is 15.7. The molecule has 0 amide bonds. The third-order valence-electron chi connectivity index (χ3n) is 6.16. The number of nitrogens with zero attached hydrogens (tertiary/aromatic N) is 3. The van der Waals surface area contributed by atoms with Crippen molar-refractivity contribution in [2.75, 3.05) is 13.7 Å². The van der Waals surface area contributed by atoms with E-state index in [9.17, 15) is 0 Å². The van der Waals surface area contributed by atoms with Crippen molar-refractivity contribution in [2.45, 2.75) is 89.9 Å². The average Bonchev–Trinajstić information content (AvgIpc) is 3.20. The van der Waals surface area contributed by atoms with Gasteiger partial charge in [-0.25, -0.2) is 0 Å². The van der Waals surface area contributed by atoms with Crippen LogP contribution in [0, 0.1) is 4.77 Å². The van der Waals surface area contributed by atoms with Crippen molar-refractivity contribution < 1.29 is 9.47 Å². The molecule has 1 heterocycles. The van der Waals surface area contributed by atoms with Crippen LogP contribution in [-0.2, 0) is 0 Å². The monoisotopic (exact) mass is 458 g/mol. The largest absolute Gasteiger partial charge is 0.493 e. The molecule has 1 fully saturated rings. The minimum atomic E-state index is 0.422. The molecule has 1 aliphatic carbocycles. The maximum atomic E-state index is 5.97. The fourth-order valence-electron chi connectivity index (χ4n) is 4.29. The highest BCUT2D eigenvalue weighted by atomic mass is 32.1. The van der Waals surface area contributed by atoms with E-state index in [2.05, 4.69) is 22.2 Å². The number of benzene rings is 1. The fourth-order valence-corrected chi connectivity index (χ4v) is 4.48. The molecule has 7 heteroatoms. The Hall–Kier alpha value is -2.15. The van der Waals surface area contributed by atoms with Crippen LogP contribution in [0.15, 0.2) is 23.3 Å². The van der Waals surface area contributed by atoms with Gasteiger partial charge in [0.1, 0.15) is 0 Å². The van der Waals surface area contributed by atoms with E-state index in [4.69, 9.17) is 21.7 Å². The van der Waals surface area contributed by atoms with E-state index < -0.39 is 0 Å². The van der Waals surface area contributed by atoms with Crippen LogP contribution in [0.3, 0.4) is 0 Å². The van der Waals surface area contributed by atoms with E-state index >= 15 is 0 Å². The number of nitrogens with one attached hydrogen (secondary N) is 1. The molecular weight excluding hydrogens is 420 g/mol. The van der Waals surface area contributed by atoms with Gasteiger partial charge in [-0.05, 0) is 55.2 Å². The SMILES string of the molecule is CCCCCCCCCOc1ccc(/C=N\n2c(C3CCCCC3)n[nH]c2=S)cc1OC. The smallest absolute Gasteiger partial charge is 0.216 e. The first kappa shape index (κ1) is 24.5. The Kier molecular flexibility index (Phi) is 10.3. The molecule has 176 valence electrons. The molecule has 1 aromatic heterocycles. The van der Waals surface area contributed by atoms with Crippen LogP contribution >= 0.6 is 12.2 Å². The van der Waals surface area contributed by atoms with Gasteiger partial charge in [-0.2, -0.15) is 14.9 Å². The summed E-state index contributed by atoms with van der Waals surface area (Å²) in [6.45, 7) is 2.96. The van der Waals surface area contributed by atoms with Crippen molar-refractivity contribution in [1.82, 2.24) is 14.9 Å². The number of hydrogen-bond acceptors (Lipinski definition) is 5. The highest BCUT2D eigenvalue weighted by Gasteiger charge is 2.21. The topological polar surface area (TPSA) is 64.4 Å². The number of rotatable bonds is 13. The number of aromatic amines is 1. The molecule has 1 aliphatic rings. The van der Waals surface area contributed by atoms with Gasteiger partial charge in [0.2, 0.25) is 4.77 Å². The van der Waals surface area contributed by atoms with E-state index in [1.807, 2.05) is 18.2 Å². The Morgan fingerprint density at radius 2 is 1.84 bits per heavy atom. The molecule has 1 N–H and O–H groups in total. The molecule has 0 atom stereocenters. The fraction of sp³-hybridized carbons (Fsp3) is 0.640. The van der Waals surface area contributed by atoms with E-state index in [1.165, 1.54) is 57.8 Å². The number of aromatic nitrogens is 3. The normalized spacial score (nSPS) is 14.8. The van der Waals surface area contributed by atoms with Crippen molar-refractivity contribution in [1.29, 1.82) is 0 Å². The second-order valence-corrected chi connectivity index (χ2v) is 9.05. The summed E-state index contributed by atoms with van der Waals surface area (Å²) in [5.74, 6) is 2.86. The summed E-state index contributed by atoms with van der Waals surface area (Å²) in [6, 6.07) is 5.90. The Morgan fingerprint density at radius 3 is 2.59 bits per heavy atom. The van der Waals surface area contributed by atoms with Gasteiger partial charge < -0.3 is 9.47 Å². The minimum absolute atomic E-state index is 0.422. The molecule has 0 unspecified atom stereocenters. The van der Waals surface area contributed by atoms with Crippen LogP contribution < -0.4 is 9.47 Å². The summed E-state index contributed by atoms with van der Waals surface area (Å²) < 4.78 is 13.8. The van der Waals surface area contributed by atoms with Crippen LogP contribution in [0.1, 0.15) is 101 Å². The van der Waals surface area contributed by atoms with Crippen LogP contribution in [0.25, 0.3) is 0 Å². The quantitative estimate of drug-likeness (QED) is 0.199. The van der Waals surface area contributed by atoms with Crippen molar-refractivity contribution in [3.05, 3.63) is 34.4 Å². The summed E-state index contributed by atoms with van der Waals surface area (Å²) in [5.41, 5.74) is 0.933. The molecule has 3 rings (SSSR count). The Morgan fingerprint density at radius 1 is 1.09 bits per heavy atom. The zero-order chi connectivity index (χ0) is 22.6. The molecule has 0 saturated heterocycles. The summed E-state index contributed by atoms with van der Waals surface area (Å²) in [4.78, 5) is 0. The highest BCUT2D eigenvalue weighted by Crippen LogP contribution is 2.32. The van der Waals surface area contributed by atoms with Crippen LogP contribution in [-0.4, -0.2) is 34.8 Å². The van der Waals surface area contributed by atoms with Crippen LogP contribution in [0.4, 0.5) is 0 Å². The van der Waals surface area contributed by atoms with Gasteiger partial charge in [0.05, 0.1) is 19.9 Å². The molecular formula is C25H38N4O2S. The van der Waals surface area contributed by atoms with Crippen molar-refractivity contribution >= 4 is 18.4 Å². The minimum Gasteiger partial charge on any atom is -0.493 e. The summed E-state index contributed by atoms with van der Waals surface area (Å²) in [5, 5.41) is 12.0. The summed E-state index contributed by atoms with van der Waals surface area (Å²) in [7, 11) is 1.67. The van der Waals surface area contributed by atoms with Gasteiger partial charge in [0.15, 0.2) is 17.3 Å². The lowest BCUT2D eigenvalue weighted by Gasteiger charge is -2.19. The lowest BCUT2D eigenvalue weighted by atomic mass is 9.89. The summed E-state index contributed by atoms with van der Waals surface area (Å²) >= 11 is 5.41. The molecule has 32 heavy (non-hydrogen) atoms. The number of hydrogen-bond donors (Lipinski definition) is 1. The third-order valence-corrected chi connectivity index (χ3v) is 6.43. The molecule has 0 aliphatic heterocycles. The zero-order valence-corrected chi connectivity index (χ0v) is 20.5. The Balaban J connectivity index is 1.56. The van der Waals surface area contributed by atoms with Gasteiger partial charge in [-0.3, -0.25) is 5.10 Å². The van der Waals surface area contributed by atoms with Crippen molar-refractivity contribution in [2.24, 2.45) is 5.10 Å². The van der Waals surface area contributed by atoms with Gasteiger partial charge in [-0.15, -0.1) is 0 Å². The summed E-state index contributed by atoms with van der Waals surface area (Å²) in [6.07, 6.45) is 16.8. The molecule has 6 nitrogen and oxygen atoms in total. The predicted molar refractivity (Wildman–Crippen MR) is 133 cm³/mol. The third kappa shape index (κ3) is 7.19. The second-order valence-electron chi connectivity index (χ2n) is 8.66. The lowest BCUT2D eigenvalue weighted by molar-refractivity contribution is 0.284. The Labute approximate surface area is 197 Å². The molecule has 2 aromatic rings. The van der Waals surface area contributed by atoms with Gasteiger partial charge in [0, 0.05) is 5.92 Å². The molecule has 0 spiro atoms. The second kappa shape index (κ2) is 13.4. The zero-order valence-electron chi connectivity index (χ0n) is 19.6. The molecule has 0 radical (unpaired) electrons. The lowest BCUT2D eigenvalue weighted by Crippen LogP contribution is -2.10. The number of H-pyrrole nitrogens is 1. The van der Waals surface area contributed by atoms with Gasteiger partial charge in [-0.1, -0.05) is 64.7 Å². The highest BCUT2D eigenvalue weighted by molar-refractivity contribution is 7.71. The average molecular weight is 459 g/mol. The Bertz CT molecular complexity index is 900. The predicted octanol–water partition coefficient (Wildman–Crippen LogP) is 7.01. The maximum Gasteiger partial charge on any atom is 0.216 e. The van der Waals surface area contributed by atoms with Crippen LogP contribution in [0.2, 0.25) is 0 Å².